The molecule has 0 fully saturated rings. The van der Waals surface area contributed by atoms with Crippen LogP contribution in [-0.4, -0.2) is 38.3 Å². The molecule has 0 radical (unpaired) electrons. The molecule has 0 heterocycles. The summed E-state index contributed by atoms with van der Waals surface area (Å²) in [5, 5.41) is -0.903. The monoisotopic (exact) mass is 268 g/mol. The summed E-state index contributed by atoms with van der Waals surface area (Å²) >= 11 is 4.66. The molecule has 0 aliphatic rings. The lowest BCUT2D eigenvalue weighted by Gasteiger charge is -2.14. The molecule has 0 spiro atoms. The Labute approximate surface area is 101 Å². The van der Waals surface area contributed by atoms with E-state index in [-0.39, 0.29) is 18.0 Å². The van der Waals surface area contributed by atoms with Crippen molar-refractivity contribution in [1.82, 2.24) is 4.72 Å². The van der Waals surface area contributed by atoms with Gasteiger partial charge in [0.25, 0.3) is 0 Å². The van der Waals surface area contributed by atoms with E-state index in [1.807, 2.05) is 0 Å². The van der Waals surface area contributed by atoms with Crippen molar-refractivity contribution in [2.75, 3.05) is 13.7 Å². The van der Waals surface area contributed by atoms with Gasteiger partial charge in [-0.2, -0.15) is 0 Å². The van der Waals surface area contributed by atoms with Crippen LogP contribution in [0.3, 0.4) is 0 Å². The minimum atomic E-state index is -3.60. The SMILES string of the molecule is CCC(C(N)=S)S(=O)(=O)NCCC(=O)OC. The molecule has 0 aromatic heterocycles. The predicted molar refractivity (Wildman–Crippen MR) is 64.4 cm³/mol. The van der Waals surface area contributed by atoms with Gasteiger partial charge < -0.3 is 10.5 Å². The summed E-state index contributed by atoms with van der Waals surface area (Å²) in [6.45, 7) is 1.65. The van der Waals surface area contributed by atoms with E-state index in [2.05, 4.69) is 21.7 Å². The zero-order valence-electron chi connectivity index (χ0n) is 9.23. The maximum atomic E-state index is 11.6. The normalized spacial score (nSPS) is 13.1. The van der Waals surface area contributed by atoms with Gasteiger partial charge in [-0.3, -0.25) is 4.79 Å². The van der Waals surface area contributed by atoms with E-state index in [1.54, 1.807) is 6.92 Å². The van der Waals surface area contributed by atoms with Gasteiger partial charge in [-0.25, -0.2) is 13.1 Å². The highest BCUT2D eigenvalue weighted by atomic mass is 32.2. The fraction of sp³-hybridized carbons (Fsp3) is 0.750. The van der Waals surface area contributed by atoms with Gasteiger partial charge in [-0.15, -0.1) is 0 Å². The van der Waals surface area contributed by atoms with Gasteiger partial charge in [0, 0.05) is 6.54 Å². The lowest BCUT2D eigenvalue weighted by molar-refractivity contribution is -0.140. The first-order chi connectivity index (χ1) is 7.35. The zero-order valence-corrected chi connectivity index (χ0v) is 10.9. The molecule has 0 aliphatic heterocycles. The second-order valence-corrected chi connectivity index (χ2v) is 5.48. The average molecular weight is 268 g/mol. The van der Waals surface area contributed by atoms with Gasteiger partial charge in [-0.05, 0) is 6.42 Å². The van der Waals surface area contributed by atoms with Crippen molar-refractivity contribution >= 4 is 33.2 Å². The number of sulfonamides is 1. The molecule has 0 aromatic carbocycles. The lowest BCUT2D eigenvalue weighted by atomic mass is 10.3. The fourth-order valence-corrected chi connectivity index (χ4v) is 2.95. The smallest absolute Gasteiger partial charge is 0.306 e. The van der Waals surface area contributed by atoms with Gasteiger partial charge in [0.1, 0.15) is 5.25 Å². The lowest BCUT2D eigenvalue weighted by Crippen LogP contribution is -2.42. The van der Waals surface area contributed by atoms with Crippen molar-refractivity contribution in [3.8, 4) is 0 Å². The van der Waals surface area contributed by atoms with Crippen LogP contribution in [0.2, 0.25) is 0 Å². The molecule has 8 heteroatoms. The van der Waals surface area contributed by atoms with Crippen LogP contribution in [0.1, 0.15) is 19.8 Å². The predicted octanol–water partition coefficient (Wildman–Crippen LogP) is -0.466. The second kappa shape index (κ2) is 6.77. The van der Waals surface area contributed by atoms with E-state index in [0.717, 1.165) is 0 Å². The Kier molecular flexibility index (Phi) is 6.46. The minimum absolute atomic E-state index is 0.0197. The zero-order chi connectivity index (χ0) is 12.8. The number of rotatable bonds is 7. The van der Waals surface area contributed by atoms with Gasteiger partial charge in [0.2, 0.25) is 10.0 Å². The first-order valence-electron chi connectivity index (χ1n) is 4.69. The van der Waals surface area contributed by atoms with Crippen molar-refractivity contribution in [2.24, 2.45) is 5.73 Å². The number of esters is 1. The number of nitrogens with two attached hydrogens (primary N) is 1. The molecule has 1 unspecified atom stereocenters. The fourth-order valence-electron chi connectivity index (χ4n) is 1.07. The van der Waals surface area contributed by atoms with Crippen LogP contribution in [0, 0.1) is 0 Å². The Morgan fingerprint density at radius 1 is 1.56 bits per heavy atom. The van der Waals surface area contributed by atoms with Crippen LogP contribution >= 0.6 is 12.2 Å². The molecule has 0 rings (SSSR count). The number of carbonyl (C=O) groups excluding carboxylic acids is 1. The number of methoxy groups -OCH3 is 1. The molecule has 0 aromatic rings. The van der Waals surface area contributed by atoms with E-state index in [1.165, 1.54) is 7.11 Å². The molecule has 3 N–H and O–H groups in total. The molecule has 1 atom stereocenters. The van der Waals surface area contributed by atoms with E-state index in [0.29, 0.717) is 6.42 Å². The third kappa shape index (κ3) is 4.86. The van der Waals surface area contributed by atoms with Gasteiger partial charge in [0.15, 0.2) is 0 Å². The van der Waals surface area contributed by atoms with Gasteiger partial charge in [0.05, 0.1) is 18.5 Å². The number of ether oxygens (including phenoxy) is 1. The first kappa shape index (κ1) is 15.3. The summed E-state index contributed by atoms with van der Waals surface area (Å²) in [7, 11) is -2.36. The Morgan fingerprint density at radius 2 is 2.12 bits per heavy atom. The van der Waals surface area contributed by atoms with E-state index < -0.39 is 21.2 Å². The average Bonchev–Trinajstić information content (AvgIpc) is 2.16. The minimum Gasteiger partial charge on any atom is -0.469 e. The van der Waals surface area contributed by atoms with Crippen LogP contribution in [0.4, 0.5) is 0 Å². The van der Waals surface area contributed by atoms with Crippen LogP contribution < -0.4 is 10.5 Å². The Bertz CT molecular complexity index is 353. The molecule has 94 valence electrons. The van der Waals surface area contributed by atoms with E-state index in [4.69, 9.17) is 5.73 Å². The first-order valence-corrected chi connectivity index (χ1v) is 6.65. The molecule has 0 bridgehead atoms. The van der Waals surface area contributed by atoms with Crippen LogP contribution in [-0.2, 0) is 19.6 Å². The molecular weight excluding hydrogens is 252 g/mol. The summed E-state index contributed by atoms with van der Waals surface area (Å²) in [5.74, 6) is -0.480. The number of nitrogens with one attached hydrogen (secondary N) is 1. The summed E-state index contributed by atoms with van der Waals surface area (Å²) < 4.78 is 29.9. The Balaban J connectivity index is 4.35. The standard InChI is InChI=1S/C8H16N2O4S2/c1-3-6(8(9)15)16(12,13)10-5-4-7(11)14-2/h6,10H,3-5H2,1-2H3,(H2,9,15). The largest absolute Gasteiger partial charge is 0.469 e. The third-order valence-electron chi connectivity index (χ3n) is 1.92. The molecule has 6 nitrogen and oxygen atoms in total. The highest BCUT2D eigenvalue weighted by molar-refractivity contribution is 7.93. The van der Waals surface area contributed by atoms with Crippen molar-refractivity contribution in [1.29, 1.82) is 0 Å². The molecular formula is C8H16N2O4S2. The van der Waals surface area contributed by atoms with Crippen LogP contribution in [0.15, 0.2) is 0 Å². The third-order valence-corrected chi connectivity index (χ3v) is 4.30. The van der Waals surface area contributed by atoms with Crippen molar-refractivity contribution in [3.63, 3.8) is 0 Å². The molecule has 0 aliphatic carbocycles. The molecule has 16 heavy (non-hydrogen) atoms. The maximum Gasteiger partial charge on any atom is 0.306 e. The molecule has 0 saturated carbocycles. The summed E-state index contributed by atoms with van der Waals surface area (Å²) in [6.07, 6.45) is 0.270. The van der Waals surface area contributed by atoms with Gasteiger partial charge >= 0.3 is 5.97 Å². The highest BCUT2D eigenvalue weighted by Crippen LogP contribution is 2.04. The van der Waals surface area contributed by atoms with E-state index >= 15 is 0 Å². The maximum absolute atomic E-state index is 11.6. The van der Waals surface area contributed by atoms with Crippen molar-refractivity contribution < 1.29 is 17.9 Å². The Morgan fingerprint density at radius 3 is 2.50 bits per heavy atom. The van der Waals surface area contributed by atoms with Crippen molar-refractivity contribution in [3.05, 3.63) is 0 Å². The number of carbonyl (C=O) groups is 1. The topological polar surface area (TPSA) is 98.5 Å². The summed E-state index contributed by atoms with van der Waals surface area (Å²) in [4.78, 5) is 10.7. The second-order valence-electron chi connectivity index (χ2n) is 3.06. The van der Waals surface area contributed by atoms with Crippen LogP contribution in [0.5, 0.6) is 0 Å². The number of hydrogen-bond acceptors (Lipinski definition) is 5. The summed E-state index contributed by atoms with van der Waals surface area (Å²) in [6, 6.07) is 0. The van der Waals surface area contributed by atoms with Gasteiger partial charge in [-0.1, -0.05) is 19.1 Å². The number of thiocarbonyl (C=S) groups is 1. The van der Waals surface area contributed by atoms with Crippen molar-refractivity contribution in [2.45, 2.75) is 25.0 Å². The highest BCUT2D eigenvalue weighted by Gasteiger charge is 2.25. The summed E-state index contributed by atoms with van der Waals surface area (Å²) in [5.41, 5.74) is 5.31. The Hall–Kier alpha value is -0.730. The quantitative estimate of drug-likeness (QED) is 0.478. The molecule has 0 saturated heterocycles. The number of hydrogen-bond donors (Lipinski definition) is 2. The molecule has 0 amide bonds. The van der Waals surface area contributed by atoms with Crippen LogP contribution in [0.25, 0.3) is 0 Å². The van der Waals surface area contributed by atoms with E-state index in [9.17, 15) is 13.2 Å².